The summed E-state index contributed by atoms with van der Waals surface area (Å²) in [5, 5.41) is 3.41. The SMILES string of the molecule is CCCNC(C)Cc1cncc(OC)n1. The minimum Gasteiger partial charge on any atom is -0.480 e. The Morgan fingerprint density at radius 1 is 1.47 bits per heavy atom. The van der Waals surface area contributed by atoms with E-state index in [1.165, 1.54) is 0 Å². The molecule has 15 heavy (non-hydrogen) atoms. The van der Waals surface area contributed by atoms with Crippen LogP contribution < -0.4 is 10.1 Å². The van der Waals surface area contributed by atoms with E-state index in [1.54, 1.807) is 19.5 Å². The van der Waals surface area contributed by atoms with Crippen LogP contribution in [0.25, 0.3) is 0 Å². The van der Waals surface area contributed by atoms with E-state index < -0.39 is 0 Å². The monoisotopic (exact) mass is 209 g/mol. The van der Waals surface area contributed by atoms with E-state index in [0.717, 1.165) is 25.1 Å². The average Bonchev–Trinajstić information content (AvgIpc) is 2.26. The highest BCUT2D eigenvalue weighted by Crippen LogP contribution is 2.05. The van der Waals surface area contributed by atoms with Gasteiger partial charge in [0.2, 0.25) is 5.88 Å². The van der Waals surface area contributed by atoms with Gasteiger partial charge in [-0.1, -0.05) is 6.92 Å². The highest BCUT2D eigenvalue weighted by molar-refractivity contribution is 5.08. The summed E-state index contributed by atoms with van der Waals surface area (Å²) >= 11 is 0. The lowest BCUT2D eigenvalue weighted by Gasteiger charge is -2.12. The van der Waals surface area contributed by atoms with Crippen LogP contribution in [-0.4, -0.2) is 29.7 Å². The van der Waals surface area contributed by atoms with Crippen molar-refractivity contribution in [1.29, 1.82) is 0 Å². The second-order valence-corrected chi connectivity index (χ2v) is 3.61. The van der Waals surface area contributed by atoms with Gasteiger partial charge in [-0.15, -0.1) is 0 Å². The molecule has 1 atom stereocenters. The molecule has 0 fully saturated rings. The highest BCUT2D eigenvalue weighted by Gasteiger charge is 2.04. The predicted octanol–water partition coefficient (Wildman–Crippen LogP) is 1.42. The second-order valence-electron chi connectivity index (χ2n) is 3.61. The Kier molecular flexibility index (Phi) is 5.04. The Balaban J connectivity index is 2.48. The molecule has 0 amide bonds. The molecule has 84 valence electrons. The zero-order valence-electron chi connectivity index (χ0n) is 9.66. The van der Waals surface area contributed by atoms with Crippen LogP contribution in [0.2, 0.25) is 0 Å². The van der Waals surface area contributed by atoms with Crippen LogP contribution in [0.4, 0.5) is 0 Å². The molecule has 1 aromatic rings. The maximum absolute atomic E-state index is 5.02. The normalized spacial score (nSPS) is 12.5. The minimum absolute atomic E-state index is 0.423. The molecule has 1 aromatic heterocycles. The van der Waals surface area contributed by atoms with Crippen LogP contribution in [0.15, 0.2) is 12.4 Å². The van der Waals surface area contributed by atoms with Crippen molar-refractivity contribution in [1.82, 2.24) is 15.3 Å². The molecule has 0 aromatic carbocycles. The van der Waals surface area contributed by atoms with E-state index in [4.69, 9.17) is 4.74 Å². The Labute approximate surface area is 91.1 Å². The minimum atomic E-state index is 0.423. The Hall–Kier alpha value is -1.16. The summed E-state index contributed by atoms with van der Waals surface area (Å²) in [5.74, 6) is 0.579. The number of hydrogen-bond acceptors (Lipinski definition) is 4. The quantitative estimate of drug-likeness (QED) is 0.769. The molecule has 1 N–H and O–H groups in total. The molecular formula is C11H19N3O. The standard InChI is InChI=1S/C11H19N3O/c1-4-5-13-9(2)6-10-7-12-8-11(14-10)15-3/h7-9,13H,4-6H2,1-3H3. The lowest BCUT2D eigenvalue weighted by atomic mass is 10.2. The third kappa shape index (κ3) is 4.25. The molecular weight excluding hydrogens is 190 g/mol. The molecule has 0 spiro atoms. The molecule has 4 heteroatoms. The number of ether oxygens (including phenoxy) is 1. The molecule has 0 radical (unpaired) electrons. The van der Waals surface area contributed by atoms with Gasteiger partial charge in [0.05, 0.1) is 19.0 Å². The third-order valence-corrected chi connectivity index (χ3v) is 2.13. The largest absolute Gasteiger partial charge is 0.480 e. The van der Waals surface area contributed by atoms with E-state index in [2.05, 4.69) is 29.1 Å². The molecule has 0 saturated heterocycles. The van der Waals surface area contributed by atoms with Crippen LogP contribution >= 0.6 is 0 Å². The molecule has 0 aliphatic carbocycles. The van der Waals surface area contributed by atoms with Gasteiger partial charge in [-0.3, -0.25) is 4.98 Å². The van der Waals surface area contributed by atoms with E-state index in [-0.39, 0.29) is 0 Å². The lowest BCUT2D eigenvalue weighted by Crippen LogP contribution is -2.29. The zero-order chi connectivity index (χ0) is 11.1. The fourth-order valence-corrected chi connectivity index (χ4v) is 1.36. The maximum Gasteiger partial charge on any atom is 0.232 e. The smallest absolute Gasteiger partial charge is 0.232 e. The van der Waals surface area contributed by atoms with Gasteiger partial charge in [0.1, 0.15) is 0 Å². The summed E-state index contributed by atoms with van der Waals surface area (Å²) in [6, 6.07) is 0.423. The van der Waals surface area contributed by atoms with Gasteiger partial charge >= 0.3 is 0 Å². The highest BCUT2D eigenvalue weighted by atomic mass is 16.5. The summed E-state index contributed by atoms with van der Waals surface area (Å²) < 4.78 is 5.02. The summed E-state index contributed by atoms with van der Waals surface area (Å²) in [6.07, 6.45) is 5.43. The number of methoxy groups -OCH3 is 1. The van der Waals surface area contributed by atoms with E-state index in [0.29, 0.717) is 11.9 Å². The third-order valence-electron chi connectivity index (χ3n) is 2.13. The van der Waals surface area contributed by atoms with E-state index in [1.807, 2.05) is 0 Å². The van der Waals surface area contributed by atoms with Crippen molar-refractivity contribution in [2.45, 2.75) is 32.7 Å². The average molecular weight is 209 g/mol. The number of hydrogen-bond donors (Lipinski definition) is 1. The van der Waals surface area contributed by atoms with Crippen molar-refractivity contribution < 1.29 is 4.74 Å². The molecule has 0 aliphatic heterocycles. The van der Waals surface area contributed by atoms with E-state index >= 15 is 0 Å². The van der Waals surface area contributed by atoms with Gasteiger partial charge in [-0.05, 0) is 19.9 Å². The Morgan fingerprint density at radius 3 is 2.93 bits per heavy atom. The molecule has 0 saturated carbocycles. The Bertz CT molecular complexity index is 291. The molecule has 1 unspecified atom stereocenters. The van der Waals surface area contributed by atoms with Crippen molar-refractivity contribution in [2.75, 3.05) is 13.7 Å². The van der Waals surface area contributed by atoms with Gasteiger partial charge in [-0.25, -0.2) is 4.98 Å². The van der Waals surface area contributed by atoms with Crippen LogP contribution in [0.5, 0.6) is 5.88 Å². The fraction of sp³-hybridized carbons (Fsp3) is 0.636. The number of nitrogens with zero attached hydrogens (tertiary/aromatic N) is 2. The summed E-state index contributed by atoms with van der Waals surface area (Å²) in [4.78, 5) is 8.39. The van der Waals surface area contributed by atoms with Gasteiger partial charge in [0, 0.05) is 18.7 Å². The number of nitrogens with one attached hydrogen (secondary N) is 1. The van der Waals surface area contributed by atoms with E-state index in [9.17, 15) is 0 Å². The first-order chi connectivity index (χ1) is 7.26. The van der Waals surface area contributed by atoms with Crippen molar-refractivity contribution >= 4 is 0 Å². The summed E-state index contributed by atoms with van der Waals surface area (Å²) in [6.45, 7) is 5.35. The molecule has 4 nitrogen and oxygen atoms in total. The number of rotatable bonds is 6. The molecule has 1 rings (SSSR count). The first-order valence-electron chi connectivity index (χ1n) is 5.34. The van der Waals surface area contributed by atoms with Crippen LogP contribution in [0.1, 0.15) is 26.0 Å². The van der Waals surface area contributed by atoms with Gasteiger partial charge in [0.15, 0.2) is 0 Å². The van der Waals surface area contributed by atoms with Crippen LogP contribution in [0.3, 0.4) is 0 Å². The zero-order valence-corrected chi connectivity index (χ0v) is 9.66. The molecule has 0 aliphatic rings. The van der Waals surface area contributed by atoms with Crippen LogP contribution in [0, 0.1) is 0 Å². The Morgan fingerprint density at radius 2 is 2.27 bits per heavy atom. The van der Waals surface area contributed by atoms with Gasteiger partial charge in [0.25, 0.3) is 0 Å². The first-order valence-corrected chi connectivity index (χ1v) is 5.34. The summed E-state index contributed by atoms with van der Waals surface area (Å²) in [5.41, 5.74) is 0.963. The van der Waals surface area contributed by atoms with Crippen molar-refractivity contribution in [3.8, 4) is 5.88 Å². The molecule has 1 heterocycles. The number of aromatic nitrogens is 2. The van der Waals surface area contributed by atoms with Crippen molar-refractivity contribution in [2.24, 2.45) is 0 Å². The molecule has 0 bridgehead atoms. The first kappa shape index (κ1) is 11.9. The van der Waals surface area contributed by atoms with Crippen molar-refractivity contribution in [3.63, 3.8) is 0 Å². The van der Waals surface area contributed by atoms with Crippen molar-refractivity contribution in [3.05, 3.63) is 18.1 Å². The summed E-state index contributed by atoms with van der Waals surface area (Å²) in [7, 11) is 1.60. The topological polar surface area (TPSA) is 47.0 Å². The predicted molar refractivity (Wildman–Crippen MR) is 60.0 cm³/mol. The van der Waals surface area contributed by atoms with Crippen LogP contribution in [-0.2, 0) is 6.42 Å². The fourth-order valence-electron chi connectivity index (χ4n) is 1.36. The maximum atomic E-state index is 5.02. The van der Waals surface area contributed by atoms with Gasteiger partial charge < -0.3 is 10.1 Å². The van der Waals surface area contributed by atoms with Gasteiger partial charge in [-0.2, -0.15) is 0 Å². The lowest BCUT2D eigenvalue weighted by molar-refractivity contribution is 0.392. The second kappa shape index (κ2) is 6.35.